The van der Waals surface area contributed by atoms with Gasteiger partial charge in [-0.1, -0.05) is 0 Å². The number of nitrogens with zero attached hydrogens (tertiary/aromatic N) is 4. The van der Waals surface area contributed by atoms with Crippen LogP contribution >= 0.6 is 12.2 Å². The third kappa shape index (κ3) is 5.48. The summed E-state index contributed by atoms with van der Waals surface area (Å²) >= 11 is 5.26. The molecule has 2 N–H and O–H groups in total. The Bertz CT molecular complexity index is 575. The number of thiocarbonyl (C=S) groups is 1. The van der Waals surface area contributed by atoms with Crippen LogP contribution in [0, 0.1) is 13.8 Å². The van der Waals surface area contributed by atoms with E-state index in [1.54, 1.807) is 6.20 Å². The fraction of sp³-hybridized carbons (Fsp3) is 0.533. The first-order valence-corrected chi connectivity index (χ1v) is 8.06. The van der Waals surface area contributed by atoms with Gasteiger partial charge in [0.25, 0.3) is 0 Å². The molecule has 0 aliphatic carbocycles. The number of aromatic nitrogens is 4. The molecule has 22 heavy (non-hydrogen) atoms. The van der Waals surface area contributed by atoms with Gasteiger partial charge >= 0.3 is 0 Å². The van der Waals surface area contributed by atoms with Crippen LogP contribution in [0.4, 0.5) is 0 Å². The largest absolute Gasteiger partial charge is 0.363 e. The highest BCUT2D eigenvalue weighted by Gasteiger charge is 2.00. The van der Waals surface area contributed by atoms with Gasteiger partial charge in [-0.15, -0.1) is 0 Å². The normalized spacial score (nSPS) is 10.6. The Morgan fingerprint density at radius 2 is 1.91 bits per heavy atom. The van der Waals surface area contributed by atoms with Crippen LogP contribution in [0.1, 0.15) is 24.2 Å². The lowest BCUT2D eigenvalue weighted by molar-refractivity contribution is 0.552. The Balaban J connectivity index is 1.51. The van der Waals surface area contributed by atoms with E-state index in [1.807, 2.05) is 28.6 Å². The molecule has 7 heteroatoms. The van der Waals surface area contributed by atoms with Crippen molar-refractivity contribution in [1.82, 2.24) is 30.2 Å². The highest BCUT2D eigenvalue weighted by molar-refractivity contribution is 7.80. The molecule has 0 unspecified atom stereocenters. The third-order valence-electron chi connectivity index (χ3n) is 3.34. The predicted octanol–water partition coefficient (Wildman–Crippen LogP) is 1.64. The van der Waals surface area contributed by atoms with Crippen molar-refractivity contribution >= 4 is 17.3 Å². The first-order chi connectivity index (χ1) is 10.6. The van der Waals surface area contributed by atoms with Gasteiger partial charge in [-0.2, -0.15) is 10.2 Å². The summed E-state index contributed by atoms with van der Waals surface area (Å²) < 4.78 is 3.96. The Kier molecular flexibility index (Phi) is 6.39. The van der Waals surface area contributed by atoms with Gasteiger partial charge in [0.05, 0.1) is 5.69 Å². The lowest BCUT2D eigenvalue weighted by atomic mass is 10.4. The van der Waals surface area contributed by atoms with Gasteiger partial charge in [0.2, 0.25) is 0 Å². The van der Waals surface area contributed by atoms with Crippen molar-refractivity contribution in [3.05, 3.63) is 35.9 Å². The zero-order chi connectivity index (χ0) is 15.8. The summed E-state index contributed by atoms with van der Waals surface area (Å²) in [4.78, 5) is 0. The lowest BCUT2D eigenvalue weighted by Gasteiger charge is -2.11. The maximum atomic E-state index is 5.26. The second kappa shape index (κ2) is 8.53. The van der Waals surface area contributed by atoms with Gasteiger partial charge in [0.1, 0.15) is 0 Å². The van der Waals surface area contributed by atoms with Gasteiger partial charge in [0, 0.05) is 44.3 Å². The van der Waals surface area contributed by atoms with Crippen LogP contribution in [0.3, 0.4) is 0 Å². The first-order valence-electron chi connectivity index (χ1n) is 7.65. The van der Waals surface area contributed by atoms with E-state index in [2.05, 4.69) is 33.8 Å². The Morgan fingerprint density at radius 1 is 1.18 bits per heavy atom. The van der Waals surface area contributed by atoms with Crippen LogP contribution in [-0.4, -0.2) is 37.8 Å². The van der Waals surface area contributed by atoms with Crippen molar-refractivity contribution in [1.29, 1.82) is 0 Å². The fourth-order valence-electron chi connectivity index (χ4n) is 2.27. The second-order valence-electron chi connectivity index (χ2n) is 5.31. The molecule has 0 fully saturated rings. The van der Waals surface area contributed by atoms with Crippen molar-refractivity contribution < 1.29 is 0 Å². The topological polar surface area (TPSA) is 59.7 Å². The van der Waals surface area contributed by atoms with Gasteiger partial charge in [-0.05, 0) is 51.0 Å². The Labute approximate surface area is 136 Å². The monoisotopic (exact) mass is 320 g/mol. The van der Waals surface area contributed by atoms with E-state index in [4.69, 9.17) is 12.2 Å². The van der Waals surface area contributed by atoms with E-state index < -0.39 is 0 Å². The molecule has 0 bridgehead atoms. The van der Waals surface area contributed by atoms with Crippen molar-refractivity contribution in [3.8, 4) is 0 Å². The zero-order valence-electron chi connectivity index (χ0n) is 13.2. The highest BCUT2D eigenvalue weighted by Crippen LogP contribution is 2.02. The zero-order valence-corrected chi connectivity index (χ0v) is 14.1. The minimum atomic E-state index is 0.717. The average molecular weight is 320 g/mol. The smallest absolute Gasteiger partial charge is 0.166 e. The molecule has 2 rings (SSSR count). The molecule has 120 valence electrons. The predicted molar refractivity (Wildman–Crippen MR) is 91.8 cm³/mol. The Morgan fingerprint density at radius 3 is 2.50 bits per heavy atom. The molecule has 6 nitrogen and oxygen atoms in total. The molecule has 2 heterocycles. The molecule has 0 aromatic carbocycles. The summed E-state index contributed by atoms with van der Waals surface area (Å²) in [5.41, 5.74) is 2.27. The maximum Gasteiger partial charge on any atom is 0.166 e. The van der Waals surface area contributed by atoms with Gasteiger partial charge < -0.3 is 10.6 Å². The fourth-order valence-corrected chi connectivity index (χ4v) is 2.47. The third-order valence-corrected chi connectivity index (χ3v) is 3.63. The van der Waals surface area contributed by atoms with Crippen LogP contribution < -0.4 is 10.6 Å². The van der Waals surface area contributed by atoms with Crippen molar-refractivity contribution in [2.75, 3.05) is 13.1 Å². The van der Waals surface area contributed by atoms with Crippen LogP contribution in [-0.2, 0) is 13.1 Å². The molecule has 0 aliphatic rings. The molecule has 0 aliphatic heterocycles. The van der Waals surface area contributed by atoms with Crippen LogP contribution in [0.15, 0.2) is 24.5 Å². The molecule has 0 saturated heterocycles. The molecule has 0 amide bonds. The van der Waals surface area contributed by atoms with E-state index >= 15 is 0 Å². The van der Waals surface area contributed by atoms with Gasteiger partial charge in [-0.25, -0.2) is 0 Å². The lowest BCUT2D eigenvalue weighted by Crippen LogP contribution is -2.36. The molecule has 2 aromatic rings. The van der Waals surface area contributed by atoms with Crippen LogP contribution in [0.5, 0.6) is 0 Å². The molecular formula is C15H24N6S. The molecule has 0 spiro atoms. The van der Waals surface area contributed by atoms with Crippen molar-refractivity contribution in [2.45, 2.75) is 39.8 Å². The number of hydrogen-bond acceptors (Lipinski definition) is 3. The Hall–Kier alpha value is -1.89. The second-order valence-corrected chi connectivity index (χ2v) is 5.72. The van der Waals surface area contributed by atoms with E-state index in [0.29, 0.717) is 5.11 Å². The summed E-state index contributed by atoms with van der Waals surface area (Å²) in [6.45, 7) is 7.62. The summed E-state index contributed by atoms with van der Waals surface area (Å²) in [5, 5.41) is 15.8. The van der Waals surface area contributed by atoms with Crippen LogP contribution in [0.2, 0.25) is 0 Å². The number of nitrogens with one attached hydrogen (secondary N) is 2. The summed E-state index contributed by atoms with van der Waals surface area (Å²) in [6, 6.07) is 4.03. The molecule has 2 aromatic heterocycles. The van der Waals surface area contributed by atoms with E-state index in [9.17, 15) is 0 Å². The van der Waals surface area contributed by atoms with Crippen LogP contribution in [0.25, 0.3) is 0 Å². The highest BCUT2D eigenvalue weighted by atomic mass is 32.1. The summed E-state index contributed by atoms with van der Waals surface area (Å²) in [7, 11) is 0. The van der Waals surface area contributed by atoms with Crippen molar-refractivity contribution in [2.24, 2.45) is 0 Å². The van der Waals surface area contributed by atoms with E-state index in [-0.39, 0.29) is 0 Å². The minimum Gasteiger partial charge on any atom is -0.363 e. The quantitative estimate of drug-likeness (QED) is 0.572. The van der Waals surface area contributed by atoms with E-state index in [0.717, 1.165) is 44.7 Å². The van der Waals surface area contributed by atoms with Gasteiger partial charge in [-0.3, -0.25) is 9.36 Å². The number of aryl methyl sites for hydroxylation is 4. The van der Waals surface area contributed by atoms with E-state index in [1.165, 1.54) is 5.69 Å². The maximum absolute atomic E-state index is 5.26. The van der Waals surface area contributed by atoms with Gasteiger partial charge in [0.15, 0.2) is 5.11 Å². The standard InChI is InChI=1S/C15H24N6S/c1-13-12-14(2)21(19-13)11-4-7-17-15(22)16-6-3-9-20-10-5-8-18-20/h5,8,10,12H,3-4,6-7,9,11H2,1-2H3,(H2,16,17,22). The molecule has 0 saturated carbocycles. The summed E-state index contributed by atoms with van der Waals surface area (Å²) in [5.74, 6) is 0. The summed E-state index contributed by atoms with van der Waals surface area (Å²) in [6.07, 6.45) is 5.75. The molecule has 0 radical (unpaired) electrons. The SMILES string of the molecule is Cc1cc(C)n(CCCNC(=S)NCCCn2cccn2)n1. The minimum absolute atomic E-state index is 0.717. The molecule has 0 atom stereocenters. The first kappa shape index (κ1) is 16.5. The average Bonchev–Trinajstić information content (AvgIpc) is 3.10. The molecular weight excluding hydrogens is 296 g/mol. The number of rotatable bonds is 8. The van der Waals surface area contributed by atoms with Crippen molar-refractivity contribution in [3.63, 3.8) is 0 Å². The number of hydrogen-bond donors (Lipinski definition) is 2.